The smallest absolute Gasteiger partial charge is 0.285 e. The maximum atomic E-state index is 14.1. The highest BCUT2D eigenvalue weighted by Gasteiger charge is 2.36. The molecule has 4 heteroatoms. The molecule has 1 heterocycles. The van der Waals surface area contributed by atoms with Crippen molar-refractivity contribution in [2.24, 2.45) is 5.92 Å². The number of nitrogens with zero attached hydrogens (tertiary/aromatic N) is 1. The molecule has 2 unspecified atom stereocenters. The fraction of sp³-hybridized carbons (Fsp3) is 0.571. The molecule has 1 aromatic rings. The summed E-state index contributed by atoms with van der Waals surface area (Å²) in [5.74, 6) is -2.34. The first-order valence-corrected chi connectivity index (χ1v) is 7.20. The summed E-state index contributed by atoms with van der Waals surface area (Å²) in [5, 5.41) is 0. The first-order chi connectivity index (χ1) is 8.49. The summed E-state index contributed by atoms with van der Waals surface area (Å²) in [4.78, 5) is 2.33. The van der Waals surface area contributed by atoms with Crippen LogP contribution in [0.2, 0.25) is 0 Å². The second kappa shape index (κ2) is 5.66. The molecule has 1 saturated heterocycles. The number of piperidine rings is 1. The Morgan fingerprint density at radius 1 is 1.33 bits per heavy atom. The van der Waals surface area contributed by atoms with Gasteiger partial charge in [0, 0.05) is 16.9 Å². The van der Waals surface area contributed by atoms with E-state index in [9.17, 15) is 8.78 Å². The Morgan fingerprint density at radius 3 is 2.61 bits per heavy atom. The van der Waals surface area contributed by atoms with Crippen LogP contribution in [0.5, 0.6) is 0 Å². The fourth-order valence-corrected chi connectivity index (χ4v) is 2.77. The summed E-state index contributed by atoms with van der Waals surface area (Å²) < 4.78 is 28.2. The molecule has 0 N–H and O–H groups in total. The molecule has 1 aliphatic heterocycles. The fourth-order valence-electron chi connectivity index (χ4n) is 2.40. The number of rotatable bonds is 3. The molecule has 1 fully saturated rings. The lowest BCUT2D eigenvalue weighted by Gasteiger charge is -2.36. The minimum atomic E-state index is -2.76. The van der Waals surface area contributed by atoms with Crippen molar-refractivity contribution in [1.29, 1.82) is 0 Å². The van der Waals surface area contributed by atoms with E-state index in [1.807, 2.05) is 4.90 Å². The quantitative estimate of drug-likeness (QED) is 0.765. The number of hydrogen-bond donors (Lipinski definition) is 0. The zero-order valence-electron chi connectivity index (χ0n) is 10.5. The van der Waals surface area contributed by atoms with Crippen molar-refractivity contribution in [1.82, 2.24) is 4.90 Å². The maximum absolute atomic E-state index is 14.1. The molecule has 1 aliphatic rings. The molecule has 2 rings (SSSR count). The lowest BCUT2D eigenvalue weighted by atomic mass is 9.99. The second-order valence-electron chi connectivity index (χ2n) is 5.09. The lowest BCUT2D eigenvalue weighted by Crippen LogP contribution is -2.44. The van der Waals surface area contributed by atoms with Crippen LogP contribution in [0, 0.1) is 5.92 Å². The van der Waals surface area contributed by atoms with Gasteiger partial charge in [-0.1, -0.05) is 53.2 Å². The van der Waals surface area contributed by atoms with Gasteiger partial charge in [0.15, 0.2) is 0 Å². The normalized spacial score (nSPS) is 26.2. The van der Waals surface area contributed by atoms with Crippen molar-refractivity contribution in [3.63, 3.8) is 0 Å². The van der Waals surface area contributed by atoms with E-state index in [4.69, 9.17) is 0 Å². The van der Waals surface area contributed by atoms with Crippen LogP contribution in [0.25, 0.3) is 0 Å². The highest BCUT2D eigenvalue weighted by Crippen LogP contribution is 2.31. The Morgan fingerprint density at radius 2 is 2.00 bits per heavy atom. The Balaban J connectivity index is 2.00. The highest BCUT2D eigenvalue weighted by molar-refractivity contribution is 9.09. The van der Waals surface area contributed by atoms with Gasteiger partial charge in [-0.25, -0.2) is 0 Å². The molecule has 0 saturated carbocycles. The molecule has 0 aromatic heterocycles. The Kier molecular flexibility index (Phi) is 4.38. The first-order valence-electron chi connectivity index (χ1n) is 6.29. The monoisotopic (exact) mass is 317 g/mol. The van der Waals surface area contributed by atoms with E-state index in [0.717, 1.165) is 19.5 Å². The van der Waals surface area contributed by atoms with E-state index in [1.54, 1.807) is 18.2 Å². The van der Waals surface area contributed by atoms with Crippen LogP contribution in [-0.4, -0.2) is 29.4 Å². The van der Waals surface area contributed by atoms with Gasteiger partial charge in [-0.2, -0.15) is 8.78 Å². The summed E-state index contributed by atoms with van der Waals surface area (Å²) in [6, 6.07) is 8.09. The molecule has 1 aromatic carbocycles. The van der Waals surface area contributed by atoms with Crippen molar-refractivity contribution in [2.45, 2.75) is 24.1 Å². The number of likely N-dealkylation sites (tertiary alicyclic amines) is 1. The summed E-state index contributed by atoms with van der Waals surface area (Å²) in [7, 11) is 0. The van der Waals surface area contributed by atoms with Gasteiger partial charge in [0.25, 0.3) is 5.92 Å². The summed E-state index contributed by atoms with van der Waals surface area (Å²) >= 11 is 3.59. The molecule has 0 spiro atoms. The van der Waals surface area contributed by atoms with E-state index in [2.05, 4.69) is 22.9 Å². The van der Waals surface area contributed by atoms with E-state index < -0.39 is 5.92 Å². The van der Waals surface area contributed by atoms with Crippen molar-refractivity contribution < 1.29 is 8.78 Å². The molecule has 2 atom stereocenters. The Labute approximate surface area is 115 Å². The molecule has 0 bridgehead atoms. The zero-order valence-corrected chi connectivity index (χ0v) is 12.0. The summed E-state index contributed by atoms with van der Waals surface area (Å²) in [6.07, 6.45) is 0.937. The van der Waals surface area contributed by atoms with Gasteiger partial charge in [-0.3, -0.25) is 4.90 Å². The number of halogens is 3. The Hall–Kier alpha value is -0.480. The van der Waals surface area contributed by atoms with E-state index >= 15 is 0 Å². The first kappa shape index (κ1) is 13.9. The SMILES string of the molecule is CC1CN(CC(F)(F)c2ccccc2)CCC1Br. The van der Waals surface area contributed by atoms with Gasteiger partial charge in [0.1, 0.15) is 0 Å². The molecule has 0 aliphatic carbocycles. The minimum Gasteiger partial charge on any atom is -0.297 e. The van der Waals surface area contributed by atoms with Crippen LogP contribution in [0.3, 0.4) is 0 Å². The predicted octanol–water partition coefficient (Wildman–Crippen LogP) is 3.88. The number of benzene rings is 1. The van der Waals surface area contributed by atoms with Crippen LogP contribution in [0.4, 0.5) is 8.78 Å². The maximum Gasteiger partial charge on any atom is 0.285 e. The average molecular weight is 318 g/mol. The highest BCUT2D eigenvalue weighted by atomic mass is 79.9. The van der Waals surface area contributed by atoms with Crippen LogP contribution in [-0.2, 0) is 5.92 Å². The minimum absolute atomic E-state index is 0.110. The topological polar surface area (TPSA) is 3.24 Å². The number of alkyl halides is 3. The standard InChI is InChI=1S/C14H18BrF2N/c1-11-9-18(8-7-13(11)15)10-14(16,17)12-5-3-2-4-6-12/h2-6,11,13H,7-10H2,1H3. The predicted molar refractivity (Wildman–Crippen MR) is 73.3 cm³/mol. The molecule has 100 valence electrons. The second-order valence-corrected chi connectivity index (χ2v) is 6.26. The van der Waals surface area contributed by atoms with Gasteiger partial charge >= 0.3 is 0 Å². The molecule has 18 heavy (non-hydrogen) atoms. The molecular formula is C14H18BrF2N. The van der Waals surface area contributed by atoms with Gasteiger partial charge in [0.2, 0.25) is 0 Å². The van der Waals surface area contributed by atoms with Crippen LogP contribution in [0.1, 0.15) is 18.9 Å². The van der Waals surface area contributed by atoms with Crippen molar-refractivity contribution >= 4 is 15.9 Å². The van der Waals surface area contributed by atoms with E-state index in [0.29, 0.717) is 10.7 Å². The zero-order chi connectivity index (χ0) is 13.2. The third-order valence-electron chi connectivity index (χ3n) is 3.50. The van der Waals surface area contributed by atoms with Crippen molar-refractivity contribution in [2.75, 3.05) is 19.6 Å². The molecular weight excluding hydrogens is 300 g/mol. The van der Waals surface area contributed by atoms with Gasteiger partial charge in [-0.15, -0.1) is 0 Å². The summed E-state index contributed by atoms with van der Waals surface area (Å²) in [5.41, 5.74) is 0.110. The van der Waals surface area contributed by atoms with Gasteiger partial charge in [-0.05, 0) is 18.9 Å². The average Bonchev–Trinajstić information content (AvgIpc) is 2.35. The van der Waals surface area contributed by atoms with E-state index in [1.165, 1.54) is 12.1 Å². The largest absolute Gasteiger partial charge is 0.297 e. The van der Waals surface area contributed by atoms with Crippen molar-refractivity contribution in [3.8, 4) is 0 Å². The van der Waals surface area contributed by atoms with Crippen LogP contribution in [0.15, 0.2) is 30.3 Å². The third-order valence-corrected chi connectivity index (χ3v) is 4.86. The summed E-state index contributed by atoms with van der Waals surface area (Å²) in [6.45, 7) is 3.40. The van der Waals surface area contributed by atoms with Crippen LogP contribution >= 0.6 is 15.9 Å². The molecule has 0 radical (unpaired) electrons. The van der Waals surface area contributed by atoms with Crippen LogP contribution < -0.4 is 0 Å². The number of hydrogen-bond acceptors (Lipinski definition) is 1. The van der Waals surface area contributed by atoms with E-state index in [-0.39, 0.29) is 12.1 Å². The molecule has 1 nitrogen and oxygen atoms in total. The Bertz CT molecular complexity index is 383. The lowest BCUT2D eigenvalue weighted by molar-refractivity contribution is -0.0448. The van der Waals surface area contributed by atoms with Crippen molar-refractivity contribution in [3.05, 3.63) is 35.9 Å². The molecule has 0 amide bonds. The third kappa shape index (κ3) is 3.29. The van der Waals surface area contributed by atoms with Gasteiger partial charge in [0.05, 0.1) is 6.54 Å². The van der Waals surface area contributed by atoms with Gasteiger partial charge < -0.3 is 0 Å².